The molecule has 3 rings (SSSR count). The number of benzene rings is 1. The molecule has 0 radical (unpaired) electrons. The van der Waals surface area contributed by atoms with Gasteiger partial charge in [-0.05, 0) is 37.3 Å². The third-order valence-electron chi connectivity index (χ3n) is 3.44. The van der Waals surface area contributed by atoms with Gasteiger partial charge in [0.25, 0.3) is 0 Å². The van der Waals surface area contributed by atoms with Gasteiger partial charge in [-0.15, -0.1) is 11.3 Å². The number of ether oxygens (including phenoxy) is 1. The summed E-state index contributed by atoms with van der Waals surface area (Å²) in [5.74, 6) is 1.29. The zero-order valence-electron chi connectivity index (χ0n) is 12.4. The lowest BCUT2D eigenvalue weighted by Gasteiger charge is -2.05. The molecule has 1 saturated carbocycles. The summed E-state index contributed by atoms with van der Waals surface area (Å²) in [6.07, 6.45) is 3.52. The second-order valence-corrected chi connectivity index (χ2v) is 7.71. The highest BCUT2D eigenvalue weighted by Crippen LogP contribution is 2.29. The van der Waals surface area contributed by atoms with E-state index in [-0.39, 0.29) is 5.91 Å². The average Bonchev–Trinajstić information content (AvgIpc) is 3.25. The Bertz CT molecular complexity index is 592. The van der Waals surface area contributed by atoms with Crippen LogP contribution >= 0.6 is 23.1 Å². The number of hydrogen-bond donors (Lipinski definition) is 1. The maximum atomic E-state index is 11.8. The van der Waals surface area contributed by atoms with E-state index in [9.17, 15) is 4.79 Å². The van der Waals surface area contributed by atoms with Crippen molar-refractivity contribution in [1.29, 1.82) is 0 Å². The zero-order chi connectivity index (χ0) is 15.2. The summed E-state index contributed by atoms with van der Waals surface area (Å²) in [5.41, 5.74) is 1.00. The Morgan fingerprint density at radius 2 is 2.27 bits per heavy atom. The first-order valence-electron chi connectivity index (χ1n) is 7.64. The lowest BCUT2D eigenvalue weighted by Crippen LogP contribution is -2.26. The first-order chi connectivity index (χ1) is 10.8. The Hall–Kier alpha value is -1.11. The molecule has 0 saturated heterocycles. The van der Waals surface area contributed by atoms with Gasteiger partial charge >= 0.3 is 0 Å². The monoisotopic (exact) mass is 336 g/mol. The highest BCUT2D eigenvalue weighted by molar-refractivity contribution is 8.01. The molecular weight excluding hydrogens is 316 g/mol. The minimum absolute atomic E-state index is 0.0615. The maximum Gasteiger partial charge on any atom is 0.230 e. The molecule has 0 unspecified atom stereocenters. The molecule has 1 aromatic heterocycles. The van der Waals surface area contributed by atoms with Crippen molar-refractivity contribution in [2.75, 3.05) is 25.5 Å². The number of aromatic nitrogens is 1. The van der Waals surface area contributed by atoms with Crippen molar-refractivity contribution >= 4 is 39.2 Å². The van der Waals surface area contributed by atoms with Crippen LogP contribution in [-0.4, -0.2) is 36.4 Å². The minimum Gasteiger partial charge on any atom is -0.381 e. The van der Waals surface area contributed by atoms with Gasteiger partial charge in [-0.25, -0.2) is 4.98 Å². The molecule has 0 aliphatic heterocycles. The number of thioether (sulfide) groups is 1. The number of thiazole rings is 1. The molecule has 1 aliphatic rings. The van der Waals surface area contributed by atoms with Crippen molar-refractivity contribution < 1.29 is 9.53 Å². The molecule has 0 atom stereocenters. The summed E-state index contributed by atoms with van der Waals surface area (Å²) in [4.78, 5) is 16.3. The summed E-state index contributed by atoms with van der Waals surface area (Å²) in [6.45, 7) is 2.31. The Labute approximate surface area is 138 Å². The van der Waals surface area contributed by atoms with Crippen LogP contribution < -0.4 is 5.32 Å². The predicted molar refractivity (Wildman–Crippen MR) is 91.5 cm³/mol. The quantitative estimate of drug-likeness (QED) is 0.564. The van der Waals surface area contributed by atoms with Crippen LogP contribution in [0.4, 0.5) is 0 Å². The topological polar surface area (TPSA) is 51.2 Å². The average molecular weight is 336 g/mol. The number of para-hydroxylation sites is 1. The molecule has 1 fully saturated rings. The predicted octanol–water partition coefficient (Wildman–Crippen LogP) is 3.32. The molecule has 1 N–H and O–H groups in total. The highest BCUT2D eigenvalue weighted by Gasteiger charge is 2.20. The molecule has 0 spiro atoms. The largest absolute Gasteiger partial charge is 0.381 e. The van der Waals surface area contributed by atoms with Gasteiger partial charge in [0.05, 0.1) is 16.0 Å². The van der Waals surface area contributed by atoms with Crippen LogP contribution in [0.15, 0.2) is 28.6 Å². The van der Waals surface area contributed by atoms with Crippen molar-refractivity contribution in [1.82, 2.24) is 10.3 Å². The number of nitrogens with one attached hydrogen (secondary N) is 1. The van der Waals surface area contributed by atoms with E-state index in [1.54, 1.807) is 11.3 Å². The molecule has 4 nitrogen and oxygen atoms in total. The Balaban J connectivity index is 1.29. The summed E-state index contributed by atoms with van der Waals surface area (Å²) in [6, 6.07) is 8.04. The molecule has 1 aliphatic carbocycles. The van der Waals surface area contributed by atoms with E-state index in [1.165, 1.54) is 29.3 Å². The summed E-state index contributed by atoms with van der Waals surface area (Å²) >= 11 is 3.13. The molecule has 0 bridgehead atoms. The Kier molecular flexibility index (Phi) is 5.70. The lowest BCUT2D eigenvalue weighted by atomic mass is 10.3. The fourth-order valence-electron chi connectivity index (χ4n) is 2.03. The van der Waals surface area contributed by atoms with Gasteiger partial charge in [-0.2, -0.15) is 0 Å². The molecule has 118 valence electrons. The molecular formula is C16H20N2O2S2. The molecule has 1 aromatic carbocycles. The van der Waals surface area contributed by atoms with Crippen molar-refractivity contribution in [2.24, 2.45) is 5.92 Å². The van der Waals surface area contributed by atoms with Crippen LogP contribution in [0.2, 0.25) is 0 Å². The van der Waals surface area contributed by atoms with Crippen molar-refractivity contribution in [2.45, 2.75) is 23.6 Å². The van der Waals surface area contributed by atoms with Crippen molar-refractivity contribution in [3.05, 3.63) is 24.3 Å². The molecule has 1 heterocycles. The fraction of sp³-hybridized carbons (Fsp3) is 0.500. The van der Waals surface area contributed by atoms with Crippen LogP contribution in [0, 0.1) is 5.92 Å². The number of hydrogen-bond acceptors (Lipinski definition) is 5. The van der Waals surface area contributed by atoms with Gasteiger partial charge in [-0.1, -0.05) is 23.9 Å². The summed E-state index contributed by atoms with van der Waals surface area (Å²) in [5, 5.41) is 2.93. The van der Waals surface area contributed by atoms with E-state index in [2.05, 4.69) is 16.4 Å². The number of rotatable bonds is 9. The Morgan fingerprint density at radius 3 is 3.09 bits per heavy atom. The molecule has 6 heteroatoms. The van der Waals surface area contributed by atoms with Gasteiger partial charge in [0.1, 0.15) is 0 Å². The second kappa shape index (κ2) is 7.94. The van der Waals surface area contributed by atoms with Gasteiger partial charge in [0.2, 0.25) is 5.91 Å². The van der Waals surface area contributed by atoms with E-state index < -0.39 is 0 Å². The van der Waals surface area contributed by atoms with Crippen LogP contribution in [-0.2, 0) is 9.53 Å². The number of amides is 1. The van der Waals surface area contributed by atoms with Gasteiger partial charge in [0.15, 0.2) is 4.34 Å². The normalized spacial score (nSPS) is 14.4. The summed E-state index contributed by atoms with van der Waals surface area (Å²) < 4.78 is 7.65. The van der Waals surface area contributed by atoms with Crippen LogP contribution in [0.25, 0.3) is 10.2 Å². The number of carbonyl (C=O) groups excluding carboxylic acids is 1. The van der Waals surface area contributed by atoms with Gasteiger partial charge < -0.3 is 10.1 Å². The number of carbonyl (C=O) groups is 1. The standard InChI is InChI=1S/C16H20N2O2S2/c19-15(17-8-3-9-20-10-12-6-7-12)11-21-16-18-13-4-1-2-5-14(13)22-16/h1-2,4-5,12H,3,6-11H2,(H,17,19). The van der Waals surface area contributed by atoms with Crippen LogP contribution in [0.5, 0.6) is 0 Å². The molecule has 1 amide bonds. The first-order valence-corrected chi connectivity index (χ1v) is 9.44. The lowest BCUT2D eigenvalue weighted by molar-refractivity contribution is -0.118. The van der Waals surface area contributed by atoms with Crippen LogP contribution in [0.1, 0.15) is 19.3 Å². The van der Waals surface area contributed by atoms with Crippen LogP contribution in [0.3, 0.4) is 0 Å². The van der Waals surface area contributed by atoms with E-state index in [0.29, 0.717) is 12.3 Å². The maximum absolute atomic E-state index is 11.8. The second-order valence-electron chi connectivity index (χ2n) is 5.46. The third kappa shape index (κ3) is 4.97. The SMILES string of the molecule is O=C(CSc1nc2ccccc2s1)NCCCOCC1CC1. The zero-order valence-corrected chi connectivity index (χ0v) is 14.0. The van der Waals surface area contributed by atoms with E-state index in [0.717, 1.165) is 35.4 Å². The smallest absolute Gasteiger partial charge is 0.230 e. The van der Waals surface area contributed by atoms with Crippen molar-refractivity contribution in [3.8, 4) is 0 Å². The first kappa shape index (κ1) is 15.8. The van der Waals surface area contributed by atoms with Gasteiger partial charge in [0, 0.05) is 19.8 Å². The fourth-order valence-corrected chi connectivity index (χ4v) is 3.93. The van der Waals surface area contributed by atoms with E-state index in [4.69, 9.17) is 4.74 Å². The Morgan fingerprint density at radius 1 is 1.41 bits per heavy atom. The van der Waals surface area contributed by atoms with E-state index >= 15 is 0 Å². The minimum atomic E-state index is 0.0615. The number of fused-ring (bicyclic) bond motifs is 1. The molecule has 22 heavy (non-hydrogen) atoms. The van der Waals surface area contributed by atoms with E-state index in [1.807, 2.05) is 18.2 Å². The summed E-state index contributed by atoms with van der Waals surface area (Å²) in [7, 11) is 0. The van der Waals surface area contributed by atoms with Crippen molar-refractivity contribution in [3.63, 3.8) is 0 Å². The third-order valence-corrected chi connectivity index (χ3v) is 5.62. The number of nitrogens with zero attached hydrogens (tertiary/aromatic N) is 1. The highest BCUT2D eigenvalue weighted by atomic mass is 32.2. The molecule has 2 aromatic rings. The van der Waals surface area contributed by atoms with Gasteiger partial charge in [-0.3, -0.25) is 4.79 Å².